The second kappa shape index (κ2) is 5.52. The van der Waals surface area contributed by atoms with Crippen LogP contribution in [0.5, 0.6) is 0 Å². The van der Waals surface area contributed by atoms with Crippen molar-refractivity contribution in [2.24, 2.45) is 5.92 Å². The standard InChI is InChI=1S/C16H16N2O3/c19-15(20)8-11-5-7-18(10-11)16(21)13-3-4-14-12(9-13)2-1-6-17-14/h1-4,6,9,11H,5,7-8,10H2,(H,19,20). The minimum Gasteiger partial charge on any atom is -0.481 e. The summed E-state index contributed by atoms with van der Waals surface area (Å²) in [5, 5.41) is 9.76. The Bertz CT molecular complexity index is 699. The highest BCUT2D eigenvalue weighted by Gasteiger charge is 2.28. The number of nitrogens with zero attached hydrogens (tertiary/aromatic N) is 2. The fourth-order valence-electron chi connectivity index (χ4n) is 2.82. The van der Waals surface area contributed by atoms with Crippen LogP contribution in [-0.2, 0) is 4.79 Å². The molecule has 1 N–H and O–H groups in total. The van der Waals surface area contributed by atoms with Crippen LogP contribution < -0.4 is 0 Å². The van der Waals surface area contributed by atoms with Gasteiger partial charge >= 0.3 is 5.97 Å². The second-order valence-electron chi connectivity index (χ2n) is 5.41. The normalized spacial score (nSPS) is 18.1. The Morgan fingerprint density at radius 3 is 3.00 bits per heavy atom. The molecule has 21 heavy (non-hydrogen) atoms. The summed E-state index contributed by atoms with van der Waals surface area (Å²) in [4.78, 5) is 29.2. The molecule has 1 fully saturated rings. The molecule has 2 aromatic rings. The molecular formula is C16H16N2O3. The summed E-state index contributed by atoms with van der Waals surface area (Å²) in [6, 6.07) is 9.23. The van der Waals surface area contributed by atoms with Gasteiger partial charge in [0.25, 0.3) is 5.91 Å². The van der Waals surface area contributed by atoms with Gasteiger partial charge in [0, 0.05) is 36.7 Å². The molecule has 0 radical (unpaired) electrons. The van der Waals surface area contributed by atoms with Gasteiger partial charge in [-0.3, -0.25) is 14.6 Å². The Kier molecular flexibility index (Phi) is 3.56. The quantitative estimate of drug-likeness (QED) is 0.937. The molecular weight excluding hydrogens is 268 g/mol. The van der Waals surface area contributed by atoms with Crippen LogP contribution in [0.2, 0.25) is 0 Å². The molecule has 5 nitrogen and oxygen atoms in total. The molecule has 0 saturated carbocycles. The van der Waals surface area contributed by atoms with Gasteiger partial charge in [-0.25, -0.2) is 0 Å². The average Bonchev–Trinajstić information content (AvgIpc) is 2.93. The third-order valence-corrected chi connectivity index (χ3v) is 3.89. The van der Waals surface area contributed by atoms with Crippen LogP contribution in [0.1, 0.15) is 23.2 Å². The van der Waals surface area contributed by atoms with Crippen LogP contribution in [0.25, 0.3) is 10.9 Å². The number of carboxylic acid groups (broad SMARTS) is 1. The van der Waals surface area contributed by atoms with Gasteiger partial charge in [0.1, 0.15) is 0 Å². The third kappa shape index (κ3) is 2.86. The maximum absolute atomic E-state index is 12.5. The number of pyridine rings is 1. The molecule has 0 spiro atoms. The Labute approximate surface area is 122 Å². The van der Waals surface area contributed by atoms with Gasteiger partial charge in [-0.2, -0.15) is 0 Å². The highest BCUT2D eigenvalue weighted by Crippen LogP contribution is 2.22. The van der Waals surface area contributed by atoms with Crippen molar-refractivity contribution in [3.63, 3.8) is 0 Å². The average molecular weight is 284 g/mol. The Morgan fingerprint density at radius 1 is 1.33 bits per heavy atom. The lowest BCUT2D eigenvalue weighted by atomic mass is 10.1. The highest BCUT2D eigenvalue weighted by atomic mass is 16.4. The smallest absolute Gasteiger partial charge is 0.303 e. The number of carbonyl (C=O) groups excluding carboxylic acids is 1. The van der Waals surface area contributed by atoms with Crippen molar-refractivity contribution in [3.8, 4) is 0 Å². The molecule has 5 heteroatoms. The summed E-state index contributed by atoms with van der Waals surface area (Å²) in [7, 11) is 0. The predicted molar refractivity (Wildman–Crippen MR) is 78.0 cm³/mol. The van der Waals surface area contributed by atoms with E-state index in [-0.39, 0.29) is 18.2 Å². The number of amides is 1. The number of aromatic nitrogens is 1. The zero-order valence-corrected chi connectivity index (χ0v) is 11.5. The van der Waals surface area contributed by atoms with Crippen molar-refractivity contribution in [1.82, 2.24) is 9.88 Å². The molecule has 0 aliphatic carbocycles. The first-order chi connectivity index (χ1) is 10.1. The number of hydrogen-bond donors (Lipinski definition) is 1. The topological polar surface area (TPSA) is 70.5 Å². The van der Waals surface area contributed by atoms with Crippen molar-refractivity contribution < 1.29 is 14.7 Å². The summed E-state index contributed by atoms with van der Waals surface area (Å²) in [5.74, 6) is -0.770. The van der Waals surface area contributed by atoms with E-state index in [0.717, 1.165) is 17.3 Å². The first-order valence-corrected chi connectivity index (χ1v) is 6.99. The first kappa shape index (κ1) is 13.5. The van der Waals surface area contributed by atoms with Crippen LogP contribution in [0.3, 0.4) is 0 Å². The number of aliphatic carboxylic acids is 1. The van der Waals surface area contributed by atoms with E-state index in [9.17, 15) is 9.59 Å². The largest absolute Gasteiger partial charge is 0.481 e. The van der Waals surface area contributed by atoms with E-state index in [1.807, 2.05) is 24.3 Å². The van der Waals surface area contributed by atoms with Crippen LogP contribution >= 0.6 is 0 Å². The molecule has 1 aromatic carbocycles. The van der Waals surface area contributed by atoms with Crippen LogP contribution in [0, 0.1) is 5.92 Å². The van der Waals surface area contributed by atoms with Gasteiger partial charge < -0.3 is 10.0 Å². The molecule has 1 aliphatic rings. The van der Waals surface area contributed by atoms with Gasteiger partial charge in [-0.15, -0.1) is 0 Å². The number of carboxylic acids is 1. The van der Waals surface area contributed by atoms with Crippen molar-refractivity contribution in [3.05, 3.63) is 42.1 Å². The number of hydrogen-bond acceptors (Lipinski definition) is 3. The summed E-state index contributed by atoms with van der Waals surface area (Å²) >= 11 is 0. The van der Waals surface area contributed by atoms with E-state index in [1.54, 1.807) is 17.2 Å². The fraction of sp³-hybridized carbons (Fsp3) is 0.312. The van der Waals surface area contributed by atoms with Gasteiger partial charge in [-0.05, 0) is 36.6 Å². The summed E-state index contributed by atoms with van der Waals surface area (Å²) in [5.41, 5.74) is 1.49. The number of likely N-dealkylation sites (tertiary alicyclic amines) is 1. The van der Waals surface area contributed by atoms with E-state index in [4.69, 9.17) is 5.11 Å². The van der Waals surface area contributed by atoms with Gasteiger partial charge in [-0.1, -0.05) is 6.07 Å². The Balaban J connectivity index is 1.76. The predicted octanol–water partition coefficient (Wildman–Crippen LogP) is 2.17. The minimum atomic E-state index is -0.800. The first-order valence-electron chi connectivity index (χ1n) is 6.99. The SMILES string of the molecule is O=C(O)CC1CCN(C(=O)c2ccc3ncccc3c2)C1. The second-order valence-corrected chi connectivity index (χ2v) is 5.41. The van der Waals surface area contributed by atoms with E-state index < -0.39 is 5.97 Å². The zero-order chi connectivity index (χ0) is 14.8. The highest BCUT2D eigenvalue weighted by molar-refractivity contribution is 5.98. The molecule has 108 valence electrons. The van der Waals surface area contributed by atoms with Crippen LogP contribution in [0.4, 0.5) is 0 Å². The summed E-state index contributed by atoms with van der Waals surface area (Å²) < 4.78 is 0. The van der Waals surface area contributed by atoms with Crippen molar-refractivity contribution in [2.45, 2.75) is 12.8 Å². The van der Waals surface area contributed by atoms with Gasteiger partial charge in [0.2, 0.25) is 0 Å². The molecule has 1 aromatic heterocycles. The third-order valence-electron chi connectivity index (χ3n) is 3.89. The molecule has 1 amide bonds. The Morgan fingerprint density at radius 2 is 2.19 bits per heavy atom. The van der Waals surface area contributed by atoms with Crippen LogP contribution in [-0.4, -0.2) is 40.0 Å². The zero-order valence-electron chi connectivity index (χ0n) is 11.5. The van der Waals surface area contributed by atoms with Gasteiger partial charge in [0.15, 0.2) is 0 Å². The Hall–Kier alpha value is -2.43. The van der Waals surface area contributed by atoms with E-state index in [1.165, 1.54) is 0 Å². The number of rotatable bonds is 3. The molecule has 1 unspecified atom stereocenters. The van der Waals surface area contributed by atoms with Crippen molar-refractivity contribution in [2.75, 3.05) is 13.1 Å². The van der Waals surface area contributed by atoms with Gasteiger partial charge in [0.05, 0.1) is 5.52 Å². The maximum Gasteiger partial charge on any atom is 0.303 e. The van der Waals surface area contributed by atoms with E-state index in [2.05, 4.69) is 4.98 Å². The van der Waals surface area contributed by atoms with E-state index >= 15 is 0 Å². The molecule has 1 saturated heterocycles. The molecule has 1 atom stereocenters. The maximum atomic E-state index is 12.5. The fourth-order valence-corrected chi connectivity index (χ4v) is 2.82. The summed E-state index contributed by atoms with van der Waals surface area (Å²) in [6.45, 7) is 1.15. The lowest BCUT2D eigenvalue weighted by Crippen LogP contribution is -2.29. The van der Waals surface area contributed by atoms with Crippen molar-refractivity contribution in [1.29, 1.82) is 0 Å². The molecule has 2 heterocycles. The monoisotopic (exact) mass is 284 g/mol. The minimum absolute atomic E-state index is 0.0337. The number of carbonyl (C=O) groups is 2. The number of benzene rings is 1. The van der Waals surface area contributed by atoms with E-state index in [0.29, 0.717) is 18.7 Å². The lowest BCUT2D eigenvalue weighted by Gasteiger charge is -2.16. The van der Waals surface area contributed by atoms with Crippen molar-refractivity contribution >= 4 is 22.8 Å². The lowest BCUT2D eigenvalue weighted by molar-refractivity contribution is -0.138. The number of fused-ring (bicyclic) bond motifs is 1. The molecule has 3 rings (SSSR count). The molecule has 0 bridgehead atoms. The van der Waals surface area contributed by atoms with Crippen LogP contribution in [0.15, 0.2) is 36.5 Å². The summed E-state index contributed by atoms with van der Waals surface area (Å²) in [6.07, 6.45) is 2.61. The molecule has 1 aliphatic heterocycles.